The standard InChI is InChI=1S/C16H25BrN2O2/c1-11(2)9-18-10-13-8-14(17)6-7-15(13)21-12(3)16(20)19(4)5/h6-8,11-12,18H,9-10H2,1-5H3. The van der Waals surface area contributed by atoms with E-state index < -0.39 is 6.10 Å². The molecule has 0 bridgehead atoms. The molecule has 4 nitrogen and oxygen atoms in total. The zero-order chi connectivity index (χ0) is 16.0. The Bertz CT molecular complexity index is 475. The van der Waals surface area contributed by atoms with Gasteiger partial charge in [0.1, 0.15) is 5.75 Å². The number of hydrogen-bond acceptors (Lipinski definition) is 3. The molecule has 0 radical (unpaired) electrons. The van der Waals surface area contributed by atoms with Crippen LogP contribution in [0.2, 0.25) is 0 Å². The maximum Gasteiger partial charge on any atom is 0.262 e. The molecule has 1 amide bonds. The highest BCUT2D eigenvalue weighted by Crippen LogP contribution is 2.24. The SMILES string of the molecule is CC(C)CNCc1cc(Br)ccc1OC(C)C(=O)N(C)C. The van der Waals surface area contributed by atoms with Crippen molar-refractivity contribution in [3.8, 4) is 5.75 Å². The lowest BCUT2D eigenvalue weighted by atomic mass is 10.1. The molecule has 1 N–H and O–H groups in total. The van der Waals surface area contributed by atoms with Crippen molar-refractivity contribution in [1.82, 2.24) is 10.2 Å². The van der Waals surface area contributed by atoms with Crippen molar-refractivity contribution in [2.45, 2.75) is 33.4 Å². The van der Waals surface area contributed by atoms with E-state index >= 15 is 0 Å². The van der Waals surface area contributed by atoms with Crippen LogP contribution in [0.15, 0.2) is 22.7 Å². The minimum Gasteiger partial charge on any atom is -0.481 e. The summed E-state index contributed by atoms with van der Waals surface area (Å²) in [6.45, 7) is 7.77. The first-order valence-electron chi connectivity index (χ1n) is 7.18. The van der Waals surface area contributed by atoms with Crippen LogP contribution >= 0.6 is 15.9 Å². The molecule has 0 aliphatic carbocycles. The van der Waals surface area contributed by atoms with E-state index in [1.54, 1.807) is 25.9 Å². The molecule has 1 rings (SSSR count). The zero-order valence-electron chi connectivity index (χ0n) is 13.4. The third-order valence-electron chi connectivity index (χ3n) is 2.98. The Kier molecular flexibility index (Phi) is 7.18. The largest absolute Gasteiger partial charge is 0.481 e. The van der Waals surface area contributed by atoms with Gasteiger partial charge in [-0.1, -0.05) is 29.8 Å². The molecule has 21 heavy (non-hydrogen) atoms. The van der Waals surface area contributed by atoms with E-state index in [1.807, 2.05) is 18.2 Å². The normalized spacial score (nSPS) is 12.3. The predicted molar refractivity (Wildman–Crippen MR) is 89.5 cm³/mol. The summed E-state index contributed by atoms with van der Waals surface area (Å²) in [5, 5.41) is 3.40. The first kappa shape index (κ1) is 18.0. The van der Waals surface area contributed by atoms with Crippen molar-refractivity contribution in [2.24, 2.45) is 5.92 Å². The fourth-order valence-electron chi connectivity index (χ4n) is 1.90. The number of likely N-dealkylation sites (N-methyl/N-ethyl adjacent to an activating group) is 1. The average Bonchev–Trinajstić information content (AvgIpc) is 2.40. The molecular formula is C16H25BrN2O2. The highest BCUT2D eigenvalue weighted by molar-refractivity contribution is 9.10. The lowest BCUT2D eigenvalue weighted by Gasteiger charge is -2.20. The van der Waals surface area contributed by atoms with Crippen LogP contribution in [0.1, 0.15) is 26.3 Å². The molecule has 0 aromatic heterocycles. The summed E-state index contributed by atoms with van der Waals surface area (Å²) in [5.41, 5.74) is 1.04. The Labute approximate surface area is 136 Å². The molecule has 0 heterocycles. The molecular weight excluding hydrogens is 332 g/mol. The number of nitrogens with zero attached hydrogens (tertiary/aromatic N) is 1. The molecule has 5 heteroatoms. The third-order valence-corrected chi connectivity index (χ3v) is 3.48. The number of rotatable bonds is 7. The summed E-state index contributed by atoms with van der Waals surface area (Å²) >= 11 is 3.48. The third kappa shape index (κ3) is 6.06. The van der Waals surface area contributed by atoms with Gasteiger partial charge in [-0.2, -0.15) is 0 Å². The maximum atomic E-state index is 11.9. The quantitative estimate of drug-likeness (QED) is 0.816. The van der Waals surface area contributed by atoms with Gasteiger partial charge >= 0.3 is 0 Å². The molecule has 0 aliphatic rings. The second-order valence-electron chi connectivity index (χ2n) is 5.77. The van der Waals surface area contributed by atoms with Crippen LogP contribution < -0.4 is 10.1 Å². The number of ether oxygens (including phenoxy) is 1. The van der Waals surface area contributed by atoms with E-state index in [0.29, 0.717) is 5.92 Å². The summed E-state index contributed by atoms with van der Waals surface area (Å²) in [5.74, 6) is 1.30. The average molecular weight is 357 g/mol. The molecule has 0 fully saturated rings. The van der Waals surface area contributed by atoms with Crippen LogP contribution in [0, 0.1) is 5.92 Å². The fourth-order valence-corrected chi connectivity index (χ4v) is 2.31. The van der Waals surface area contributed by atoms with Gasteiger partial charge in [-0.3, -0.25) is 4.79 Å². The lowest BCUT2D eigenvalue weighted by Crippen LogP contribution is -2.35. The molecule has 118 valence electrons. The van der Waals surface area contributed by atoms with Gasteiger partial charge in [0, 0.05) is 30.7 Å². The smallest absolute Gasteiger partial charge is 0.262 e. The second kappa shape index (κ2) is 8.39. The van der Waals surface area contributed by atoms with Gasteiger partial charge in [-0.05, 0) is 37.6 Å². The van der Waals surface area contributed by atoms with Crippen molar-refractivity contribution in [1.29, 1.82) is 0 Å². The van der Waals surface area contributed by atoms with E-state index in [-0.39, 0.29) is 5.91 Å². The molecule has 0 saturated carbocycles. The first-order valence-corrected chi connectivity index (χ1v) is 7.97. The number of benzene rings is 1. The van der Waals surface area contributed by atoms with Crippen LogP contribution in [0.4, 0.5) is 0 Å². The Balaban J connectivity index is 2.78. The maximum absolute atomic E-state index is 11.9. The lowest BCUT2D eigenvalue weighted by molar-refractivity contribution is -0.135. The van der Waals surface area contributed by atoms with E-state index in [4.69, 9.17) is 4.74 Å². The first-order chi connectivity index (χ1) is 9.81. The van der Waals surface area contributed by atoms with Gasteiger partial charge in [0.05, 0.1) is 0 Å². The highest BCUT2D eigenvalue weighted by Gasteiger charge is 2.18. The van der Waals surface area contributed by atoms with E-state index in [0.717, 1.165) is 28.9 Å². The van der Waals surface area contributed by atoms with Crippen molar-refractivity contribution in [2.75, 3.05) is 20.6 Å². The molecule has 1 unspecified atom stereocenters. The number of carbonyl (C=O) groups excluding carboxylic acids is 1. The fraction of sp³-hybridized carbons (Fsp3) is 0.562. The number of hydrogen-bond donors (Lipinski definition) is 1. The van der Waals surface area contributed by atoms with Crippen LogP contribution in [0.5, 0.6) is 5.75 Å². The van der Waals surface area contributed by atoms with Gasteiger partial charge in [0.25, 0.3) is 5.91 Å². The Hall–Kier alpha value is -1.07. The minimum atomic E-state index is -0.495. The van der Waals surface area contributed by atoms with E-state index in [1.165, 1.54) is 0 Å². The highest BCUT2D eigenvalue weighted by atomic mass is 79.9. The van der Waals surface area contributed by atoms with Gasteiger partial charge in [0.2, 0.25) is 0 Å². The van der Waals surface area contributed by atoms with Crippen molar-refractivity contribution < 1.29 is 9.53 Å². The van der Waals surface area contributed by atoms with Crippen LogP contribution in [0.25, 0.3) is 0 Å². The number of nitrogens with one attached hydrogen (secondary N) is 1. The topological polar surface area (TPSA) is 41.6 Å². The van der Waals surface area contributed by atoms with Crippen molar-refractivity contribution in [3.05, 3.63) is 28.2 Å². The van der Waals surface area contributed by atoms with Gasteiger partial charge in [-0.15, -0.1) is 0 Å². The summed E-state index contributed by atoms with van der Waals surface area (Å²) in [4.78, 5) is 13.4. The minimum absolute atomic E-state index is 0.0426. The predicted octanol–water partition coefficient (Wildman–Crippen LogP) is 3.05. The van der Waals surface area contributed by atoms with Gasteiger partial charge in [0.15, 0.2) is 6.10 Å². The van der Waals surface area contributed by atoms with Gasteiger partial charge < -0.3 is 15.0 Å². The van der Waals surface area contributed by atoms with Crippen molar-refractivity contribution in [3.63, 3.8) is 0 Å². The Morgan fingerprint density at radius 1 is 1.33 bits per heavy atom. The number of halogens is 1. The van der Waals surface area contributed by atoms with Crippen LogP contribution in [-0.4, -0.2) is 37.6 Å². The summed E-state index contributed by atoms with van der Waals surface area (Å²) in [6.07, 6.45) is -0.495. The summed E-state index contributed by atoms with van der Waals surface area (Å²) in [6, 6.07) is 5.85. The summed E-state index contributed by atoms with van der Waals surface area (Å²) < 4.78 is 6.83. The molecule has 1 aromatic carbocycles. The van der Waals surface area contributed by atoms with E-state index in [9.17, 15) is 4.79 Å². The van der Waals surface area contributed by atoms with Crippen LogP contribution in [-0.2, 0) is 11.3 Å². The Morgan fingerprint density at radius 3 is 2.57 bits per heavy atom. The van der Waals surface area contributed by atoms with E-state index in [2.05, 4.69) is 35.1 Å². The van der Waals surface area contributed by atoms with Crippen LogP contribution in [0.3, 0.4) is 0 Å². The molecule has 0 aliphatic heterocycles. The van der Waals surface area contributed by atoms with Gasteiger partial charge in [-0.25, -0.2) is 0 Å². The van der Waals surface area contributed by atoms with Crippen molar-refractivity contribution >= 4 is 21.8 Å². The number of carbonyl (C=O) groups is 1. The molecule has 1 atom stereocenters. The molecule has 1 aromatic rings. The number of amides is 1. The summed E-state index contributed by atoms with van der Waals surface area (Å²) in [7, 11) is 3.46. The monoisotopic (exact) mass is 356 g/mol. The molecule has 0 spiro atoms. The second-order valence-corrected chi connectivity index (χ2v) is 6.69. The Morgan fingerprint density at radius 2 is 2.00 bits per heavy atom. The molecule has 0 saturated heterocycles. The zero-order valence-corrected chi connectivity index (χ0v) is 15.0.